The van der Waals surface area contributed by atoms with Crippen LogP contribution in [0.5, 0.6) is 0 Å². The molecule has 0 aromatic carbocycles. The largest absolute Gasteiger partial charge is 0.383 e. The lowest BCUT2D eigenvalue weighted by Crippen LogP contribution is -2.31. The third-order valence-corrected chi connectivity index (χ3v) is 12.7. The van der Waals surface area contributed by atoms with Crippen LogP contribution in [0.4, 0.5) is 29.4 Å². The molecule has 0 unspecified atom stereocenters. The van der Waals surface area contributed by atoms with Crippen molar-refractivity contribution in [3.05, 3.63) is 159 Å². The minimum absolute atomic E-state index is 0.0769. The number of nitrogens with one attached hydrogen (secondary N) is 4. The molecule has 0 bridgehead atoms. The van der Waals surface area contributed by atoms with E-state index in [1.54, 1.807) is 48.7 Å². The van der Waals surface area contributed by atoms with Crippen molar-refractivity contribution in [3.63, 3.8) is 0 Å². The van der Waals surface area contributed by atoms with Gasteiger partial charge in [-0.2, -0.15) is 15.0 Å². The number of fused-ring (bicyclic) bond motifs is 4. The number of imidazole rings is 2. The maximum absolute atomic E-state index is 11.4. The van der Waals surface area contributed by atoms with Crippen LogP contribution < -0.4 is 68.0 Å². The summed E-state index contributed by atoms with van der Waals surface area (Å²) in [5, 5.41) is 1.50. The summed E-state index contributed by atoms with van der Waals surface area (Å²) in [6, 6.07) is 8.14. The van der Waals surface area contributed by atoms with Gasteiger partial charge in [-0.05, 0) is 122 Å². The Morgan fingerprint density at radius 2 is 0.841 bits per heavy atom. The smallest absolute Gasteiger partial charge is 0.349 e. The van der Waals surface area contributed by atoms with Gasteiger partial charge in [-0.1, -0.05) is 0 Å². The number of H-pyrrole nitrogens is 4. The van der Waals surface area contributed by atoms with E-state index in [9.17, 15) is 33.6 Å². The molecule has 88 heavy (non-hydrogen) atoms. The van der Waals surface area contributed by atoms with Gasteiger partial charge in [-0.3, -0.25) is 52.8 Å². The van der Waals surface area contributed by atoms with Crippen molar-refractivity contribution in [2.24, 2.45) is 0 Å². The summed E-state index contributed by atoms with van der Waals surface area (Å²) in [5.74, 6) is 1.52. The van der Waals surface area contributed by atoms with Crippen LogP contribution in [0.1, 0.15) is 145 Å². The molecule has 11 rings (SSSR count). The van der Waals surface area contributed by atoms with Gasteiger partial charge in [0.25, 0.3) is 22.2 Å². The topological polar surface area (TPSA) is 463 Å². The molecule has 11 aromatic rings. The van der Waals surface area contributed by atoms with E-state index in [-0.39, 0.29) is 87.2 Å². The quantitative estimate of drug-likeness (QED) is 0.104. The van der Waals surface area contributed by atoms with Crippen molar-refractivity contribution >= 4 is 73.7 Å². The molecule has 32 nitrogen and oxygen atoms in total. The Labute approximate surface area is 502 Å². The van der Waals surface area contributed by atoms with Crippen molar-refractivity contribution in [2.45, 2.75) is 146 Å². The highest BCUT2D eigenvalue weighted by Gasteiger charge is 2.13. The lowest BCUT2D eigenvalue weighted by Gasteiger charge is -2.08. The van der Waals surface area contributed by atoms with Crippen LogP contribution in [-0.4, -0.2) is 96.8 Å². The van der Waals surface area contributed by atoms with Gasteiger partial charge in [0.15, 0.2) is 22.6 Å². The normalized spacial score (nSPS) is 11.0. The number of aryl methyl sites for hydroxylation is 1. The Bertz CT molecular complexity index is 4380. The molecular formula is C56H79N25O7. The van der Waals surface area contributed by atoms with Crippen LogP contribution in [0.15, 0.2) is 114 Å². The highest BCUT2D eigenvalue weighted by atomic mass is 16.2. The Hall–Kier alpha value is -10.8. The number of rotatable bonds is 7. The standard InChI is InChI=1S/C9H12N4O.C9H12N4.C8H11N5O.C8H11N5.C8H12N2O2.C7H11N3O.C7H10N2O2/c1-5(2)13-4-3-6-7(13)11-9(10)12-8(6)14;1-6(2)13-4-3-7-8(10)11-5-12-9(7)13;1-4(2)13-3-10-5-6(13)11-8(9)12-7(5)14;1-5(2)13-4-12-6-7(9)10-3-11-8(6)13;1-5(2)10-4-6(3)7(11)9-8(10)12;1-5(2)10-4-3-6(8)9-7(10)11;1-5(2)9-4-3-6(10)8-7(9)11/h3-5H,1-2H3,(H3,10,11,12,14);3-6H,1-2H3,(H2,10,11,12);3-4H,1-2H3,(H3,9,11,12,14);3-5H,1-2H3,(H2,9,10,11);4-5H,1-3H3,(H,9,11,12);3-5H,1-2H3,(H2,8,9,11);3-5H,1-2H3,(H,8,10,11). The zero-order valence-corrected chi connectivity index (χ0v) is 51.9. The van der Waals surface area contributed by atoms with E-state index >= 15 is 0 Å². The van der Waals surface area contributed by atoms with Gasteiger partial charge in [-0.15, -0.1) is 0 Å². The predicted molar refractivity (Wildman–Crippen MR) is 342 cm³/mol. The van der Waals surface area contributed by atoms with Gasteiger partial charge in [0.05, 0.1) is 23.4 Å². The minimum Gasteiger partial charge on any atom is -0.383 e. The highest BCUT2D eigenvalue weighted by molar-refractivity contribution is 5.86. The van der Waals surface area contributed by atoms with E-state index in [0.29, 0.717) is 57.0 Å². The molecule has 0 saturated carbocycles. The summed E-state index contributed by atoms with van der Waals surface area (Å²) in [7, 11) is 0. The first-order valence-corrected chi connectivity index (χ1v) is 27.9. The van der Waals surface area contributed by atoms with Crippen molar-refractivity contribution < 1.29 is 0 Å². The Kier molecular flexibility index (Phi) is 23.0. The molecular weight excluding hydrogens is 1130 g/mol. The molecule has 11 aromatic heterocycles. The van der Waals surface area contributed by atoms with Gasteiger partial charge in [-0.25, -0.2) is 44.3 Å². The number of aromatic amines is 4. The molecule has 0 spiro atoms. The molecule has 0 amide bonds. The zero-order chi connectivity index (χ0) is 65.6. The molecule has 470 valence electrons. The van der Waals surface area contributed by atoms with Crippen molar-refractivity contribution in [1.29, 1.82) is 0 Å². The second kappa shape index (κ2) is 29.8. The predicted octanol–water partition coefficient (Wildman–Crippen LogP) is 4.70. The Morgan fingerprint density at radius 1 is 0.386 bits per heavy atom. The number of hydrogen-bond donors (Lipinski definition) is 9. The molecule has 11 heterocycles. The number of hydrogen-bond acceptors (Lipinski definition) is 21. The monoisotopic (exact) mass is 1210 g/mol. The molecule has 0 saturated heterocycles. The van der Waals surface area contributed by atoms with Crippen LogP contribution in [0.25, 0.3) is 44.4 Å². The minimum atomic E-state index is -0.355. The summed E-state index contributed by atoms with van der Waals surface area (Å²) in [5.41, 5.74) is 29.9. The Balaban J connectivity index is 0.000000187. The molecule has 0 fully saturated rings. The third-order valence-electron chi connectivity index (χ3n) is 12.7. The molecule has 14 N–H and O–H groups in total. The van der Waals surface area contributed by atoms with Crippen LogP contribution in [0.2, 0.25) is 0 Å². The third kappa shape index (κ3) is 17.2. The molecule has 0 radical (unpaired) electrons. The maximum atomic E-state index is 11.4. The fourth-order valence-electron chi connectivity index (χ4n) is 8.08. The summed E-state index contributed by atoms with van der Waals surface area (Å²) < 4.78 is 12.2. The molecule has 0 atom stereocenters. The fourth-order valence-corrected chi connectivity index (χ4v) is 8.08. The first kappa shape index (κ1) is 68.0. The molecule has 32 heteroatoms. The summed E-state index contributed by atoms with van der Waals surface area (Å²) >= 11 is 0. The van der Waals surface area contributed by atoms with Gasteiger partial charge in [0.1, 0.15) is 41.1 Å². The van der Waals surface area contributed by atoms with Crippen LogP contribution in [0.3, 0.4) is 0 Å². The fraction of sp³-hybridized carbons (Fsp3) is 0.393. The summed E-state index contributed by atoms with van der Waals surface area (Å²) in [6.07, 6.45) is 14.8. The maximum Gasteiger partial charge on any atom is 0.349 e. The average Bonchev–Trinajstić information content (AvgIpc) is 2.05. The number of nitrogen functional groups attached to an aromatic ring is 5. The van der Waals surface area contributed by atoms with Crippen LogP contribution in [0, 0.1) is 6.92 Å². The number of aromatic nitrogens is 20. The van der Waals surface area contributed by atoms with E-state index < -0.39 is 0 Å². The number of nitrogens with two attached hydrogens (primary N) is 5. The van der Waals surface area contributed by atoms with Gasteiger partial charge < -0.3 is 46.9 Å². The summed E-state index contributed by atoms with van der Waals surface area (Å²) in [6.45, 7) is 29.4. The van der Waals surface area contributed by atoms with Crippen LogP contribution in [-0.2, 0) is 0 Å². The molecule has 0 aliphatic rings. The Morgan fingerprint density at radius 3 is 1.39 bits per heavy atom. The van der Waals surface area contributed by atoms with Crippen LogP contribution >= 0.6 is 0 Å². The van der Waals surface area contributed by atoms with E-state index in [2.05, 4.69) is 97.1 Å². The van der Waals surface area contributed by atoms with Gasteiger partial charge in [0.2, 0.25) is 11.9 Å². The lowest BCUT2D eigenvalue weighted by molar-refractivity contribution is 0.558. The van der Waals surface area contributed by atoms with E-state index in [1.807, 2.05) is 96.8 Å². The average molecular weight is 1210 g/mol. The van der Waals surface area contributed by atoms with Gasteiger partial charge in [0, 0.05) is 84.9 Å². The van der Waals surface area contributed by atoms with E-state index in [4.69, 9.17) is 28.7 Å². The second-order valence-corrected chi connectivity index (χ2v) is 21.7. The second-order valence-electron chi connectivity index (χ2n) is 21.7. The first-order valence-electron chi connectivity index (χ1n) is 27.9. The van der Waals surface area contributed by atoms with Crippen molar-refractivity contribution in [3.8, 4) is 0 Å². The first-order chi connectivity index (χ1) is 41.3. The van der Waals surface area contributed by atoms with Crippen molar-refractivity contribution in [1.82, 2.24) is 96.8 Å². The number of anilines is 5. The summed E-state index contributed by atoms with van der Waals surface area (Å²) in [4.78, 5) is 123. The highest BCUT2D eigenvalue weighted by Crippen LogP contribution is 2.21. The van der Waals surface area contributed by atoms with E-state index in [0.717, 1.165) is 16.7 Å². The van der Waals surface area contributed by atoms with Crippen molar-refractivity contribution in [2.75, 3.05) is 28.7 Å². The zero-order valence-electron chi connectivity index (χ0n) is 51.9. The molecule has 0 aliphatic carbocycles. The lowest BCUT2D eigenvalue weighted by atomic mass is 10.3. The van der Waals surface area contributed by atoms with E-state index in [1.165, 1.54) is 38.6 Å². The molecule has 0 aliphatic heterocycles. The SMILES string of the molecule is CC(C)n1ccc(=O)[nH]c1=O.CC(C)n1ccc(N)nc1=O.CC(C)n1ccc2c(=O)[nH]c(N)nc21.CC(C)n1ccc2c(N)ncnc21.CC(C)n1cnc2c(=O)[nH]c(N)nc21.CC(C)n1cnc2c(N)ncnc21.Cc1cn(C(C)C)c(=O)[nH]c1=O. The number of nitrogens with zero attached hydrogens (tertiary/aromatic N) is 16. The van der Waals surface area contributed by atoms with Gasteiger partial charge >= 0.3 is 17.1 Å².